The summed E-state index contributed by atoms with van der Waals surface area (Å²) in [6, 6.07) is 5.18. The van der Waals surface area contributed by atoms with Crippen LogP contribution < -0.4 is 0 Å². The second kappa shape index (κ2) is 2.81. The van der Waals surface area contributed by atoms with E-state index in [0.717, 1.165) is 6.07 Å². The standard InChI is InChI=1S/C9H8F3/c1-6-3-4-7(2)8(5-6)9(10,11)12/h4-5H,1-2H3. The number of hydrogen-bond donors (Lipinski definition) is 0. The number of halogens is 3. The monoisotopic (exact) mass is 173 g/mol. The molecule has 3 heteroatoms. The molecule has 0 aromatic heterocycles. The Morgan fingerprint density at radius 1 is 1.25 bits per heavy atom. The van der Waals surface area contributed by atoms with Crippen LogP contribution in [0.1, 0.15) is 16.7 Å². The molecule has 65 valence electrons. The van der Waals surface area contributed by atoms with Gasteiger partial charge in [0.15, 0.2) is 0 Å². The van der Waals surface area contributed by atoms with Crippen LogP contribution in [-0.4, -0.2) is 0 Å². The van der Waals surface area contributed by atoms with Gasteiger partial charge in [0, 0.05) is 0 Å². The Hall–Kier alpha value is -0.990. The molecule has 0 aliphatic rings. The van der Waals surface area contributed by atoms with E-state index in [1.807, 2.05) is 0 Å². The molecular formula is C9H8F3. The van der Waals surface area contributed by atoms with E-state index in [2.05, 4.69) is 6.07 Å². The molecule has 0 fully saturated rings. The van der Waals surface area contributed by atoms with Crippen molar-refractivity contribution in [2.75, 3.05) is 0 Å². The molecule has 1 rings (SSSR count). The predicted molar refractivity (Wildman–Crippen MR) is 39.8 cm³/mol. The van der Waals surface area contributed by atoms with Gasteiger partial charge in [-0.25, -0.2) is 0 Å². The van der Waals surface area contributed by atoms with Gasteiger partial charge in [0.05, 0.1) is 5.56 Å². The van der Waals surface area contributed by atoms with E-state index in [1.165, 1.54) is 13.0 Å². The molecule has 0 aliphatic heterocycles. The molecule has 12 heavy (non-hydrogen) atoms. The van der Waals surface area contributed by atoms with Gasteiger partial charge in [0.2, 0.25) is 0 Å². The van der Waals surface area contributed by atoms with Gasteiger partial charge >= 0.3 is 6.18 Å². The van der Waals surface area contributed by atoms with Crippen molar-refractivity contribution in [2.45, 2.75) is 20.0 Å². The Labute approximate surface area is 69.0 Å². The summed E-state index contributed by atoms with van der Waals surface area (Å²) in [6.45, 7) is 3.02. The molecule has 1 aromatic carbocycles. The molecule has 0 bridgehead atoms. The first-order chi connectivity index (χ1) is 5.41. The minimum absolute atomic E-state index is 0.216. The van der Waals surface area contributed by atoms with Gasteiger partial charge in [-0.05, 0) is 37.1 Å². The van der Waals surface area contributed by atoms with Gasteiger partial charge in [-0.2, -0.15) is 13.2 Å². The minimum Gasteiger partial charge on any atom is -0.166 e. The van der Waals surface area contributed by atoms with E-state index in [1.54, 1.807) is 6.92 Å². The second-order valence-corrected chi connectivity index (χ2v) is 2.71. The van der Waals surface area contributed by atoms with Crippen LogP contribution in [0.2, 0.25) is 0 Å². The van der Waals surface area contributed by atoms with Gasteiger partial charge in [-0.15, -0.1) is 0 Å². The topological polar surface area (TPSA) is 0 Å². The van der Waals surface area contributed by atoms with Gasteiger partial charge in [0.25, 0.3) is 0 Å². The van der Waals surface area contributed by atoms with Crippen LogP contribution in [0.3, 0.4) is 0 Å². The Bertz CT molecular complexity index is 286. The molecule has 0 saturated heterocycles. The summed E-state index contributed by atoms with van der Waals surface area (Å²) in [7, 11) is 0. The van der Waals surface area contributed by atoms with E-state index < -0.39 is 11.7 Å². The summed E-state index contributed by atoms with van der Waals surface area (Å²) in [5.74, 6) is 0. The number of rotatable bonds is 0. The Balaban J connectivity index is 3.23. The Morgan fingerprint density at radius 3 is 2.25 bits per heavy atom. The highest BCUT2D eigenvalue weighted by Crippen LogP contribution is 2.31. The zero-order valence-electron chi connectivity index (χ0n) is 6.79. The molecule has 0 aliphatic carbocycles. The van der Waals surface area contributed by atoms with Crippen molar-refractivity contribution in [3.8, 4) is 0 Å². The number of aryl methyl sites for hydroxylation is 2. The Kier molecular flexibility index (Phi) is 2.13. The van der Waals surface area contributed by atoms with Gasteiger partial charge < -0.3 is 0 Å². The first-order valence-corrected chi connectivity index (χ1v) is 3.47. The molecule has 0 N–H and O–H groups in total. The maximum atomic E-state index is 12.2. The van der Waals surface area contributed by atoms with Crippen LogP contribution >= 0.6 is 0 Å². The van der Waals surface area contributed by atoms with Crippen LogP contribution in [0.15, 0.2) is 12.1 Å². The average Bonchev–Trinajstić information content (AvgIpc) is 1.92. The van der Waals surface area contributed by atoms with Crippen molar-refractivity contribution in [2.24, 2.45) is 0 Å². The smallest absolute Gasteiger partial charge is 0.166 e. The third kappa shape index (κ3) is 1.78. The van der Waals surface area contributed by atoms with Crippen molar-refractivity contribution in [1.29, 1.82) is 0 Å². The normalized spacial score (nSPS) is 11.8. The summed E-state index contributed by atoms with van der Waals surface area (Å²) in [6.07, 6.45) is -4.25. The summed E-state index contributed by atoms with van der Waals surface area (Å²) < 4.78 is 36.6. The zero-order valence-corrected chi connectivity index (χ0v) is 6.79. The van der Waals surface area contributed by atoms with Crippen molar-refractivity contribution in [3.63, 3.8) is 0 Å². The molecule has 0 nitrogen and oxygen atoms in total. The molecule has 1 aromatic rings. The highest BCUT2D eigenvalue weighted by Gasteiger charge is 2.32. The molecule has 0 atom stereocenters. The SMILES string of the molecule is Cc1[c]cc(C)c(C(F)(F)F)c1. The summed E-state index contributed by atoms with van der Waals surface area (Å²) in [5.41, 5.74) is 0.153. The minimum atomic E-state index is -4.25. The van der Waals surface area contributed by atoms with Crippen LogP contribution in [0.25, 0.3) is 0 Å². The third-order valence-corrected chi connectivity index (χ3v) is 1.61. The molecular weight excluding hydrogens is 165 g/mol. The van der Waals surface area contributed by atoms with E-state index >= 15 is 0 Å². The number of alkyl halides is 3. The molecule has 0 spiro atoms. The molecule has 0 saturated carbocycles. The lowest BCUT2D eigenvalue weighted by atomic mass is 10.1. The Morgan fingerprint density at radius 2 is 1.83 bits per heavy atom. The van der Waals surface area contributed by atoms with Gasteiger partial charge in [-0.3, -0.25) is 0 Å². The maximum absolute atomic E-state index is 12.2. The van der Waals surface area contributed by atoms with Gasteiger partial charge in [-0.1, -0.05) is 6.07 Å². The lowest BCUT2D eigenvalue weighted by Gasteiger charge is -2.09. The molecule has 1 radical (unpaired) electrons. The predicted octanol–water partition coefficient (Wildman–Crippen LogP) is 3.12. The lowest BCUT2D eigenvalue weighted by Crippen LogP contribution is -2.07. The van der Waals surface area contributed by atoms with E-state index in [-0.39, 0.29) is 5.56 Å². The average molecular weight is 173 g/mol. The fourth-order valence-electron chi connectivity index (χ4n) is 0.977. The van der Waals surface area contributed by atoms with Crippen molar-refractivity contribution < 1.29 is 13.2 Å². The molecule has 0 heterocycles. The van der Waals surface area contributed by atoms with Crippen LogP contribution in [0.4, 0.5) is 13.2 Å². The van der Waals surface area contributed by atoms with Crippen molar-refractivity contribution in [3.05, 3.63) is 34.9 Å². The zero-order chi connectivity index (χ0) is 9.35. The van der Waals surface area contributed by atoms with E-state index in [4.69, 9.17) is 0 Å². The van der Waals surface area contributed by atoms with Crippen molar-refractivity contribution >= 4 is 0 Å². The lowest BCUT2D eigenvalue weighted by molar-refractivity contribution is -0.138. The van der Waals surface area contributed by atoms with Crippen LogP contribution in [0.5, 0.6) is 0 Å². The fourth-order valence-corrected chi connectivity index (χ4v) is 0.977. The summed E-state index contributed by atoms with van der Waals surface area (Å²) >= 11 is 0. The largest absolute Gasteiger partial charge is 0.416 e. The molecule has 0 amide bonds. The number of hydrogen-bond acceptors (Lipinski definition) is 0. The summed E-state index contributed by atoms with van der Waals surface area (Å²) in [4.78, 5) is 0. The van der Waals surface area contributed by atoms with E-state index in [9.17, 15) is 13.2 Å². The third-order valence-electron chi connectivity index (χ3n) is 1.61. The van der Waals surface area contributed by atoms with E-state index in [0.29, 0.717) is 5.56 Å². The fraction of sp³-hybridized carbons (Fsp3) is 0.333. The van der Waals surface area contributed by atoms with Crippen molar-refractivity contribution in [1.82, 2.24) is 0 Å². The second-order valence-electron chi connectivity index (χ2n) is 2.71. The maximum Gasteiger partial charge on any atom is 0.416 e. The molecule has 0 unspecified atom stereocenters. The van der Waals surface area contributed by atoms with Crippen LogP contribution in [-0.2, 0) is 6.18 Å². The van der Waals surface area contributed by atoms with Crippen LogP contribution in [0, 0.1) is 19.9 Å². The first kappa shape index (κ1) is 9.10. The first-order valence-electron chi connectivity index (χ1n) is 3.47. The van der Waals surface area contributed by atoms with Gasteiger partial charge in [0.1, 0.15) is 0 Å². The highest BCUT2D eigenvalue weighted by molar-refractivity contribution is 5.31. The summed E-state index contributed by atoms with van der Waals surface area (Å²) in [5, 5.41) is 0. The number of benzene rings is 1. The highest BCUT2D eigenvalue weighted by atomic mass is 19.4. The quantitative estimate of drug-likeness (QED) is 0.565.